The van der Waals surface area contributed by atoms with Crippen molar-refractivity contribution in [2.75, 3.05) is 35.9 Å². The van der Waals surface area contributed by atoms with Crippen LogP contribution in [0.15, 0.2) is 71.6 Å². The highest BCUT2D eigenvalue weighted by Crippen LogP contribution is 2.25. The molecular formula is C25H26ClN3O4S. The molecule has 2 N–H and O–H groups in total. The Labute approximate surface area is 204 Å². The van der Waals surface area contributed by atoms with Crippen molar-refractivity contribution in [1.29, 1.82) is 0 Å². The molecule has 7 nitrogen and oxygen atoms in total. The highest BCUT2D eigenvalue weighted by molar-refractivity contribution is 7.92. The van der Waals surface area contributed by atoms with E-state index in [1.54, 1.807) is 18.2 Å². The molecule has 0 unspecified atom stereocenters. The van der Waals surface area contributed by atoms with E-state index in [0.717, 1.165) is 43.1 Å². The summed E-state index contributed by atoms with van der Waals surface area (Å²) in [6.07, 6.45) is 0. The number of rotatable bonds is 7. The minimum atomic E-state index is -3.97. The van der Waals surface area contributed by atoms with E-state index >= 15 is 0 Å². The van der Waals surface area contributed by atoms with E-state index in [9.17, 15) is 13.2 Å². The molecule has 1 aliphatic heterocycles. The number of nitrogens with one attached hydrogen (secondary N) is 2. The summed E-state index contributed by atoms with van der Waals surface area (Å²) in [6.45, 7) is 5.34. The normalized spacial score (nSPS) is 14.0. The topological polar surface area (TPSA) is 87.7 Å². The van der Waals surface area contributed by atoms with Crippen LogP contribution in [0.4, 0.5) is 11.4 Å². The van der Waals surface area contributed by atoms with Crippen LogP contribution < -0.4 is 14.9 Å². The van der Waals surface area contributed by atoms with Crippen molar-refractivity contribution in [1.82, 2.24) is 5.32 Å². The summed E-state index contributed by atoms with van der Waals surface area (Å²) in [6, 6.07) is 19.2. The van der Waals surface area contributed by atoms with E-state index < -0.39 is 10.0 Å². The Kier molecular flexibility index (Phi) is 7.41. The van der Waals surface area contributed by atoms with E-state index in [4.69, 9.17) is 16.3 Å². The third kappa shape index (κ3) is 5.88. The van der Waals surface area contributed by atoms with Crippen molar-refractivity contribution >= 4 is 38.9 Å². The third-order valence-electron chi connectivity index (χ3n) is 5.52. The average molecular weight is 500 g/mol. The minimum Gasteiger partial charge on any atom is -0.378 e. The summed E-state index contributed by atoms with van der Waals surface area (Å²) in [5.74, 6) is -0.388. The number of hydrogen-bond donors (Lipinski definition) is 2. The van der Waals surface area contributed by atoms with Crippen molar-refractivity contribution in [2.24, 2.45) is 0 Å². The van der Waals surface area contributed by atoms with Crippen LogP contribution in [-0.4, -0.2) is 40.6 Å². The first-order valence-corrected chi connectivity index (χ1v) is 12.8. The number of carbonyl (C=O) groups is 1. The van der Waals surface area contributed by atoms with Crippen molar-refractivity contribution in [3.8, 4) is 0 Å². The van der Waals surface area contributed by atoms with Gasteiger partial charge in [-0.3, -0.25) is 9.52 Å². The number of halogens is 1. The van der Waals surface area contributed by atoms with Crippen LogP contribution in [0.25, 0.3) is 0 Å². The first-order valence-electron chi connectivity index (χ1n) is 10.9. The molecule has 0 saturated carbocycles. The monoisotopic (exact) mass is 499 g/mol. The van der Waals surface area contributed by atoms with Gasteiger partial charge in [-0.05, 0) is 60.5 Å². The molecule has 1 amide bonds. The highest BCUT2D eigenvalue weighted by atomic mass is 35.5. The second-order valence-corrected chi connectivity index (χ2v) is 10.1. The maximum Gasteiger partial charge on any atom is 0.263 e. The fraction of sp³-hybridized carbons (Fsp3) is 0.240. The van der Waals surface area contributed by atoms with E-state index in [1.807, 2.05) is 37.3 Å². The van der Waals surface area contributed by atoms with E-state index in [2.05, 4.69) is 14.9 Å². The van der Waals surface area contributed by atoms with E-state index in [1.165, 1.54) is 18.2 Å². The molecule has 178 valence electrons. The van der Waals surface area contributed by atoms with Gasteiger partial charge in [0.1, 0.15) is 4.90 Å². The number of hydrogen-bond acceptors (Lipinski definition) is 5. The van der Waals surface area contributed by atoms with Gasteiger partial charge >= 0.3 is 0 Å². The second-order valence-electron chi connectivity index (χ2n) is 8.07. The number of ether oxygens (including phenoxy) is 1. The number of nitrogens with zero attached hydrogens (tertiary/aromatic N) is 1. The van der Waals surface area contributed by atoms with Crippen molar-refractivity contribution in [3.05, 3.63) is 88.4 Å². The Morgan fingerprint density at radius 2 is 1.76 bits per heavy atom. The molecule has 0 aliphatic carbocycles. The first-order chi connectivity index (χ1) is 16.3. The lowest BCUT2D eigenvalue weighted by atomic mass is 10.1. The van der Waals surface area contributed by atoms with Crippen molar-refractivity contribution in [2.45, 2.75) is 18.4 Å². The number of aryl methyl sites for hydroxylation is 1. The van der Waals surface area contributed by atoms with Gasteiger partial charge in [0.2, 0.25) is 0 Å². The fourth-order valence-electron chi connectivity index (χ4n) is 3.70. The Balaban J connectivity index is 1.43. The number of benzene rings is 3. The summed E-state index contributed by atoms with van der Waals surface area (Å²) in [7, 11) is -3.97. The first kappa shape index (κ1) is 24.1. The summed E-state index contributed by atoms with van der Waals surface area (Å²) < 4.78 is 33.7. The van der Waals surface area contributed by atoms with Crippen LogP contribution in [0, 0.1) is 6.92 Å². The molecule has 3 aromatic carbocycles. The van der Waals surface area contributed by atoms with Gasteiger partial charge < -0.3 is 15.0 Å². The SMILES string of the molecule is Cc1cccc(NS(=O)(=O)c2cc(C(=O)NCc3ccc(N4CCOCC4)cc3)ccc2Cl)c1. The highest BCUT2D eigenvalue weighted by Gasteiger charge is 2.20. The number of morpholine rings is 1. The molecule has 0 radical (unpaired) electrons. The van der Waals surface area contributed by atoms with Gasteiger partial charge in [-0.15, -0.1) is 0 Å². The average Bonchev–Trinajstić information content (AvgIpc) is 2.83. The van der Waals surface area contributed by atoms with Crippen LogP contribution in [0.1, 0.15) is 21.5 Å². The molecule has 1 aliphatic rings. The smallest absolute Gasteiger partial charge is 0.263 e. The largest absolute Gasteiger partial charge is 0.378 e. The second kappa shape index (κ2) is 10.5. The summed E-state index contributed by atoms with van der Waals surface area (Å²) >= 11 is 6.17. The molecule has 0 bridgehead atoms. The molecule has 34 heavy (non-hydrogen) atoms. The van der Waals surface area contributed by atoms with Gasteiger partial charge in [-0.1, -0.05) is 35.9 Å². The van der Waals surface area contributed by atoms with Gasteiger partial charge in [-0.25, -0.2) is 8.42 Å². The maximum absolute atomic E-state index is 12.9. The molecule has 1 heterocycles. The zero-order valence-corrected chi connectivity index (χ0v) is 20.3. The molecule has 1 fully saturated rings. The van der Waals surface area contributed by atoms with Crippen molar-refractivity contribution in [3.63, 3.8) is 0 Å². The zero-order chi connectivity index (χ0) is 24.1. The predicted octanol–water partition coefficient (Wildman–Crippen LogP) is 4.22. The van der Waals surface area contributed by atoms with Gasteiger partial charge in [0.25, 0.3) is 15.9 Å². The van der Waals surface area contributed by atoms with E-state index in [0.29, 0.717) is 12.2 Å². The summed E-state index contributed by atoms with van der Waals surface area (Å²) in [5.41, 5.74) is 3.60. The molecule has 1 saturated heterocycles. The van der Waals surface area contributed by atoms with Crippen molar-refractivity contribution < 1.29 is 17.9 Å². The fourth-order valence-corrected chi connectivity index (χ4v) is 5.28. The van der Waals surface area contributed by atoms with Crippen LogP contribution in [0.2, 0.25) is 5.02 Å². The number of amides is 1. The minimum absolute atomic E-state index is 0.0374. The standard InChI is InChI=1S/C25H26ClN3O4S/c1-18-3-2-4-21(15-18)28-34(31,32)24-16-20(7-10-23(24)26)25(30)27-17-19-5-8-22(9-6-19)29-11-13-33-14-12-29/h2-10,15-16,28H,11-14,17H2,1H3,(H,27,30). The Hall–Kier alpha value is -3.07. The van der Waals surface area contributed by atoms with Gasteiger partial charge in [0.05, 0.1) is 18.2 Å². The molecule has 9 heteroatoms. The van der Waals surface area contributed by atoms with Gasteiger partial charge in [0, 0.05) is 36.6 Å². The zero-order valence-electron chi connectivity index (χ0n) is 18.8. The lowest BCUT2D eigenvalue weighted by Gasteiger charge is -2.28. The van der Waals surface area contributed by atoms with Crippen LogP contribution in [0.3, 0.4) is 0 Å². The van der Waals surface area contributed by atoms with Gasteiger partial charge in [0.15, 0.2) is 0 Å². The summed E-state index contributed by atoms with van der Waals surface area (Å²) in [5, 5.41) is 2.88. The molecular weight excluding hydrogens is 474 g/mol. The van der Waals surface area contributed by atoms with Crippen LogP contribution in [-0.2, 0) is 21.3 Å². The molecule has 0 aromatic heterocycles. The molecule has 3 aromatic rings. The third-order valence-corrected chi connectivity index (χ3v) is 7.38. The van der Waals surface area contributed by atoms with Crippen LogP contribution >= 0.6 is 11.6 Å². The maximum atomic E-state index is 12.9. The molecule has 0 spiro atoms. The number of sulfonamides is 1. The summed E-state index contributed by atoms with van der Waals surface area (Å²) in [4.78, 5) is 14.8. The predicted molar refractivity (Wildman–Crippen MR) is 134 cm³/mol. The van der Waals surface area contributed by atoms with E-state index in [-0.39, 0.29) is 21.4 Å². The molecule has 0 atom stereocenters. The van der Waals surface area contributed by atoms with Crippen LogP contribution in [0.5, 0.6) is 0 Å². The quantitative estimate of drug-likeness (QED) is 0.508. The van der Waals surface area contributed by atoms with Gasteiger partial charge in [-0.2, -0.15) is 0 Å². The number of carbonyl (C=O) groups excluding carboxylic acids is 1. The Morgan fingerprint density at radius 3 is 2.47 bits per heavy atom. The lowest BCUT2D eigenvalue weighted by molar-refractivity contribution is 0.0950. The Morgan fingerprint density at radius 1 is 1.03 bits per heavy atom. The lowest BCUT2D eigenvalue weighted by Crippen LogP contribution is -2.36. The number of anilines is 2. The molecule has 4 rings (SSSR count). The Bertz CT molecular complexity index is 1270.